The zero-order valence-corrected chi connectivity index (χ0v) is 12.5. The largest absolute Gasteiger partial charge is 0.370 e. The molecule has 0 radical (unpaired) electrons. The maximum absolute atomic E-state index is 12.8. The Balaban J connectivity index is 1.60. The number of carbonyl (C=O) groups excluding carboxylic acids is 1. The third-order valence-corrected chi connectivity index (χ3v) is 4.46. The second-order valence-electron chi connectivity index (χ2n) is 5.83. The highest BCUT2D eigenvalue weighted by Crippen LogP contribution is 2.31. The number of hydrogen-bond acceptors (Lipinski definition) is 6. The monoisotopic (exact) mass is 303 g/mol. The zero-order chi connectivity index (χ0) is 15.3. The van der Waals surface area contributed by atoms with Crippen molar-refractivity contribution in [2.45, 2.75) is 39.0 Å². The molecule has 0 spiro atoms. The molecule has 8 nitrogen and oxygen atoms in total. The normalized spacial score (nSPS) is 24.0. The molecule has 1 saturated heterocycles. The summed E-state index contributed by atoms with van der Waals surface area (Å²) in [5.41, 5.74) is 2.15. The molecule has 116 valence electrons. The molecule has 2 atom stereocenters. The van der Waals surface area contributed by atoms with Crippen molar-refractivity contribution < 1.29 is 14.1 Å². The van der Waals surface area contributed by atoms with Crippen molar-refractivity contribution in [3.05, 3.63) is 28.9 Å². The molecule has 1 amide bonds. The van der Waals surface area contributed by atoms with Crippen LogP contribution in [0.25, 0.3) is 0 Å². The first-order valence-corrected chi connectivity index (χ1v) is 7.38. The number of nitrogens with zero attached hydrogens (tertiary/aromatic N) is 5. The molecule has 2 aromatic rings. The molecule has 8 heteroatoms. The molecule has 0 unspecified atom stereocenters. The van der Waals surface area contributed by atoms with Crippen molar-refractivity contribution in [2.24, 2.45) is 0 Å². The first-order chi connectivity index (χ1) is 10.6. The Morgan fingerprint density at radius 2 is 2.27 bits per heavy atom. The van der Waals surface area contributed by atoms with E-state index < -0.39 is 0 Å². The molecule has 0 bridgehead atoms. The van der Waals surface area contributed by atoms with Crippen molar-refractivity contribution in [1.29, 1.82) is 0 Å². The van der Waals surface area contributed by atoms with E-state index in [1.807, 2.05) is 9.58 Å². The van der Waals surface area contributed by atoms with E-state index in [0.29, 0.717) is 36.7 Å². The highest BCUT2D eigenvalue weighted by molar-refractivity contribution is 5.96. The van der Waals surface area contributed by atoms with Crippen LogP contribution in [0.5, 0.6) is 0 Å². The van der Waals surface area contributed by atoms with E-state index in [2.05, 4.69) is 15.5 Å². The van der Waals surface area contributed by atoms with Crippen molar-refractivity contribution in [1.82, 2.24) is 25.1 Å². The van der Waals surface area contributed by atoms with Crippen molar-refractivity contribution >= 4 is 5.91 Å². The topological polar surface area (TPSA) is 86.3 Å². The number of amides is 1. The summed E-state index contributed by atoms with van der Waals surface area (Å²) in [6.07, 6.45) is 2.59. The number of carbonyl (C=O) groups is 1. The number of ether oxygens (including phenoxy) is 1. The Bertz CT molecular complexity index is 702. The van der Waals surface area contributed by atoms with Gasteiger partial charge < -0.3 is 14.2 Å². The number of aromatic nitrogens is 4. The lowest BCUT2D eigenvalue weighted by Gasteiger charge is -2.40. The summed E-state index contributed by atoms with van der Waals surface area (Å²) in [7, 11) is 0. The van der Waals surface area contributed by atoms with Gasteiger partial charge in [0, 0.05) is 13.1 Å². The number of likely N-dealkylation sites (tertiary alicyclic amines) is 1. The molecule has 2 aromatic heterocycles. The van der Waals surface area contributed by atoms with E-state index in [-0.39, 0.29) is 18.1 Å². The van der Waals surface area contributed by atoms with Crippen LogP contribution >= 0.6 is 0 Å². The predicted octanol–water partition coefficient (Wildman–Crippen LogP) is 0.869. The summed E-state index contributed by atoms with van der Waals surface area (Å²) in [6.45, 7) is 5.30. The summed E-state index contributed by atoms with van der Waals surface area (Å²) in [5, 5.41) is 12.0. The predicted molar refractivity (Wildman–Crippen MR) is 74.1 cm³/mol. The third kappa shape index (κ3) is 1.94. The fourth-order valence-electron chi connectivity index (χ4n) is 3.31. The van der Waals surface area contributed by atoms with Gasteiger partial charge in [-0.15, -0.1) is 5.10 Å². The third-order valence-electron chi connectivity index (χ3n) is 4.46. The Hall–Kier alpha value is -2.22. The molecule has 2 aliphatic heterocycles. The SMILES string of the molecule is Cc1noc(C)c1C(=O)N1CC[C@@H]2OCc3cnnn3[C@@H]2C1. The van der Waals surface area contributed by atoms with Gasteiger partial charge in [0.05, 0.1) is 36.3 Å². The van der Waals surface area contributed by atoms with Gasteiger partial charge in [0.2, 0.25) is 0 Å². The Kier molecular flexibility index (Phi) is 3.00. The molecular weight excluding hydrogens is 286 g/mol. The average molecular weight is 303 g/mol. The summed E-state index contributed by atoms with van der Waals surface area (Å²) in [4.78, 5) is 14.6. The lowest BCUT2D eigenvalue weighted by molar-refractivity contribution is -0.0605. The van der Waals surface area contributed by atoms with Crippen LogP contribution in [0, 0.1) is 13.8 Å². The van der Waals surface area contributed by atoms with Gasteiger partial charge in [0.15, 0.2) is 0 Å². The Labute approximate surface area is 127 Å². The molecule has 0 N–H and O–H groups in total. The molecule has 0 saturated carbocycles. The standard InChI is InChI=1S/C14H17N5O3/c1-8-13(9(2)22-16-8)14(20)18-4-3-12-11(6-18)19-10(7-21-12)5-15-17-19/h5,11-12H,3-4,6-7H2,1-2H3/t11-,12+/m1/s1. The van der Waals surface area contributed by atoms with Crippen LogP contribution in [0.15, 0.2) is 10.7 Å². The minimum atomic E-state index is -0.0399. The number of piperidine rings is 1. The van der Waals surface area contributed by atoms with Gasteiger partial charge in [0.25, 0.3) is 5.91 Å². The van der Waals surface area contributed by atoms with Crippen molar-refractivity contribution in [3.8, 4) is 0 Å². The first kappa shape index (κ1) is 13.4. The number of rotatable bonds is 1. The van der Waals surface area contributed by atoms with E-state index in [1.165, 1.54) is 0 Å². The summed E-state index contributed by atoms with van der Waals surface area (Å²) < 4.78 is 12.9. The Morgan fingerprint density at radius 1 is 1.41 bits per heavy atom. The summed E-state index contributed by atoms with van der Waals surface area (Å²) >= 11 is 0. The molecule has 2 aliphatic rings. The molecule has 4 heterocycles. The average Bonchev–Trinajstić information content (AvgIpc) is 3.13. The van der Waals surface area contributed by atoms with Gasteiger partial charge in [-0.05, 0) is 20.3 Å². The van der Waals surface area contributed by atoms with E-state index in [0.717, 1.165) is 12.1 Å². The maximum Gasteiger partial charge on any atom is 0.259 e. The van der Waals surface area contributed by atoms with Gasteiger partial charge in [-0.3, -0.25) is 4.79 Å². The van der Waals surface area contributed by atoms with Crippen LogP contribution in [-0.4, -0.2) is 50.2 Å². The molecular formula is C14H17N5O3. The molecule has 1 fully saturated rings. The van der Waals surface area contributed by atoms with Gasteiger partial charge >= 0.3 is 0 Å². The van der Waals surface area contributed by atoms with Crippen LogP contribution in [0.2, 0.25) is 0 Å². The van der Waals surface area contributed by atoms with E-state index >= 15 is 0 Å². The quantitative estimate of drug-likeness (QED) is 0.777. The molecule has 0 aromatic carbocycles. The van der Waals surface area contributed by atoms with Crippen LogP contribution < -0.4 is 0 Å². The number of hydrogen-bond donors (Lipinski definition) is 0. The van der Waals surface area contributed by atoms with E-state index in [1.54, 1.807) is 20.0 Å². The van der Waals surface area contributed by atoms with Crippen molar-refractivity contribution in [3.63, 3.8) is 0 Å². The smallest absolute Gasteiger partial charge is 0.259 e. The van der Waals surface area contributed by atoms with Crippen LogP contribution in [0.4, 0.5) is 0 Å². The zero-order valence-electron chi connectivity index (χ0n) is 12.5. The maximum atomic E-state index is 12.8. The lowest BCUT2D eigenvalue weighted by atomic mass is 9.99. The Morgan fingerprint density at radius 3 is 3.05 bits per heavy atom. The fraction of sp³-hybridized carbons (Fsp3) is 0.571. The number of aryl methyl sites for hydroxylation is 2. The van der Waals surface area contributed by atoms with Crippen LogP contribution in [0.1, 0.15) is 40.0 Å². The second-order valence-corrected chi connectivity index (χ2v) is 5.83. The van der Waals surface area contributed by atoms with Crippen molar-refractivity contribution in [2.75, 3.05) is 13.1 Å². The minimum absolute atomic E-state index is 0.0180. The van der Waals surface area contributed by atoms with E-state index in [4.69, 9.17) is 9.26 Å². The van der Waals surface area contributed by atoms with Gasteiger partial charge in [-0.1, -0.05) is 10.4 Å². The van der Waals surface area contributed by atoms with Crippen LogP contribution in [-0.2, 0) is 11.3 Å². The lowest BCUT2D eigenvalue weighted by Crippen LogP contribution is -2.50. The first-order valence-electron chi connectivity index (χ1n) is 7.38. The van der Waals surface area contributed by atoms with Gasteiger partial charge in [-0.2, -0.15) is 0 Å². The van der Waals surface area contributed by atoms with E-state index in [9.17, 15) is 4.79 Å². The summed E-state index contributed by atoms with van der Waals surface area (Å²) in [6, 6.07) is 0.0180. The number of fused-ring (bicyclic) bond motifs is 3. The molecule has 4 rings (SSSR count). The second kappa shape index (κ2) is 4.91. The molecule has 0 aliphatic carbocycles. The highest BCUT2D eigenvalue weighted by atomic mass is 16.5. The van der Waals surface area contributed by atoms with Gasteiger partial charge in [-0.25, -0.2) is 4.68 Å². The van der Waals surface area contributed by atoms with Gasteiger partial charge in [0.1, 0.15) is 11.3 Å². The summed E-state index contributed by atoms with van der Waals surface area (Å²) in [5.74, 6) is 0.521. The fourth-order valence-corrected chi connectivity index (χ4v) is 3.31. The van der Waals surface area contributed by atoms with Crippen LogP contribution in [0.3, 0.4) is 0 Å². The highest BCUT2D eigenvalue weighted by Gasteiger charge is 2.38. The molecule has 22 heavy (non-hydrogen) atoms. The minimum Gasteiger partial charge on any atom is -0.370 e.